The average molecular weight is 489 g/mol. The van der Waals surface area contributed by atoms with Gasteiger partial charge in [-0.3, -0.25) is 4.79 Å². The molecule has 184 valence electrons. The largest absolute Gasteiger partial charge is 0.487 e. The standard InChI is InChI=1S/C26H32O7S/c1-15-6-9-20(10-7-15)34(29,30)33-24-16(2)21(11-8-19-12-18(27)13-23(28)31-19)25-22(17(24)3)14-26(4,5)32-25/h6-7,9-10,18-19,27H,8,11-14H2,1-5H3/t18-,19-/m0/s1. The maximum absolute atomic E-state index is 13.1. The van der Waals surface area contributed by atoms with Crippen LogP contribution in [0.15, 0.2) is 29.2 Å². The zero-order chi connectivity index (χ0) is 24.8. The first-order chi connectivity index (χ1) is 15.9. The average Bonchev–Trinajstić information content (AvgIpc) is 3.06. The van der Waals surface area contributed by atoms with E-state index in [4.69, 9.17) is 13.7 Å². The fourth-order valence-electron chi connectivity index (χ4n) is 4.78. The second kappa shape index (κ2) is 8.89. The first-order valence-corrected chi connectivity index (χ1v) is 13.0. The number of hydrogen-bond acceptors (Lipinski definition) is 7. The second-order valence-corrected chi connectivity index (χ2v) is 11.5. The molecule has 2 aromatic rings. The fraction of sp³-hybridized carbons (Fsp3) is 0.500. The summed E-state index contributed by atoms with van der Waals surface area (Å²) in [4.78, 5) is 11.8. The van der Waals surface area contributed by atoms with Crippen molar-refractivity contribution in [1.29, 1.82) is 0 Å². The molecule has 0 amide bonds. The van der Waals surface area contributed by atoms with Crippen LogP contribution in [0.2, 0.25) is 0 Å². The molecule has 0 aliphatic carbocycles. The lowest BCUT2D eigenvalue weighted by molar-refractivity contribution is -0.160. The number of ether oxygens (including phenoxy) is 2. The van der Waals surface area contributed by atoms with E-state index in [0.717, 1.165) is 28.0 Å². The number of carbonyl (C=O) groups excluding carboxylic acids is 1. The molecule has 1 fully saturated rings. The van der Waals surface area contributed by atoms with Crippen LogP contribution in [-0.4, -0.2) is 37.3 Å². The molecule has 8 heteroatoms. The Hall–Kier alpha value is -2.58. The van der Waals surface area contributed by atoms with Crippen LogP contribution in [0.25, 0.3) is 0 Å². The predicted octanol–water partition coefficient (Wildman–Crippen LogP) is 4.09. The number of benzene rings is 2. The van der Waals surface area contributed by atoms with Gasteiger partial charge in [-0.15, -0.1) is 0 Å². The van der Waals surface area contributed by atoms with Gasteiger partial charge in [0.15, 0.2) is 0 Å². The maximum atomic E-state index is 13.1. The quantitative estimate of drug-likeness (QED) is 0.483. The zero-order valence-electron chi connectivity index (χ0n) is 20.3. The normalized spacial score (nSPS) is 21.5. The monoisotopic (exact) mass is 488 g/mol. The van der Waals surface area contributed by atoms with Crippen LogP contribution in [0.3, 0.4) is 0 Å². The molecular formula is C26H32O7S. The molecule has 0 unspecified atom stereocenters. The van der Waals surface area contributed by atoms with Crippen LogP contribution in [0.5, 0.6) is 11.5 Å². The van der Waals surface area contributed by atoms with E-state index in [9.17, 15) is 18.3 Å². The Morgan fingerprint density at radius 2 is 1.79 bits per heavy atom. The molecule has 2 atom stereocenters. The van der Waals surface area contributed by atoms with E-state index in [1.54, 1.807) is 24.3 Å². The van der Waals surface area contributed by atoms with Crippen molar-refractivity contribution >= 4 is 16.1 Å². The minimum atomic E-state index is -4.03. The Bertz CT molecular complexity index is 1210. The van der Waals surface area contributed by atoms with Crippen molar-refractivity contribution in [3.8, 4) is 11.5 Å². The molecule has 0 aromatic heterocycles. The van der Waals surface area contributed by atoms with Crippen molar-refractivity contribution in [3.63, 3.8) is 0 Å². The maximum Gasteiger partial charge on any atom is 0.339 e. The molecule has 0 radical (unpaired) electrons. The third-order valence-electron chi connectivity index (χ3n) is 6.57. The Morgan fingerprint density at radius 1 is 1.12 bits per heavy atom. The van der Waals surface area contributed by atoms with Crippen LogP contribution in [0.4, 0.5) is 0 Å². The third-order valence-corrected chi connectivity index (χ3v) is 7.81. The second-order valence-electron chi connectivity index (χ2n) is 10.00. The number of aliphatic hydroxyl groups excluding tert-OH is 1. The number of hydrogen-bond donors (Lipinski definition) is 1. The number of aliphatic hydroxyl groups is 1. The summed E-state index contributed by atoms with van der Waals surface area (Å²) >= 11 is 0. The molecule has 4 rings (SSSR count). The van der Waals surface area contributed by atoms with Gasteiger partial charge in [0.1, 0.15) is 28.1 Å². The highest BCUT2D eigenvalue weighted by Gasteiger charge is 2.37. The van der Waals surface area contributed by atoms with Crippen molar-refractivity contribution in [2.24, 2.45) is 0 Å². The van der Waals surface area contributed by atoms with Crippen LogP contribution in [-0.2, 0) is 32.5 Å². The molecule has 34 heavy (non-hydrogen) atoms. The van der Waals surface area contributed by atoms with Gasteiger partial charge in [0.25, 0.3) is 0 Å². The first-order valence-electron chi connectivity index (χ1n) is 11.6. The molecular weight excluding hydrogens is 456 g/mol. The lowest BCUT2D eigenvalue weighted by Gasteiger charge is -2.27. The Balaban J connectivity index is 1.70. The number of cyclic esters (lactones) is 1. The summed E-state index contributed by atoms with van der Waals surface area (Å²) in [7, 11) is -4.03. The van der Waals surface area contributed by atoms with E-state index in [0.29, 0.717) is 37.0 Å². The van der Waals surface area contributed by atoms with Gasteiger partial charge in [-0.2, -0.15) is 8.42 Å². The number of fused-ring (bicyclic) bond motifs is 1. The highest BCUT2D eigenvalue weighted by molar-refractivity contribution is 7.87. The Morgan fingerprint density at radius 3 is 2.44 bits per heavy atom. The third kappa shape index (κ3) is 4.93. The molecule has 7 nitrogen and oxygen atoms in total. The summed E-state index contributed by atoms with van der Waals surface area (Å²) in [5, 5.41) is 9.95. The van der Waals surface area contributed by atoms with Gasteiger partial charge in [0, 0.05) is 29.5 Å². The van der Waals surface area contributed by atoms with Crippen molar-refractivity contribution in [1.82, 2.24) is 0 Å². The van der Waals surface area contributed by atoms with Crippen molar-refractivity contribution in [2.45, 2.75) is 89.4 Å². The minimum absolute atomic E-state index is 0.0155. The van der Waals surface area contributed by atoms with E-state index in [1.165, 1.54) is 0 Å². The van der Waals surface area contributed by atoms with Crippen LogP contribution >= 0.6 is 0 Å². The highest BCUT2D eigenvalue weighted by atomic mass is 32.2. The van der Waals surface area contributed by atoms with E-state index in [2.05, 4.69) is 0 Å². The SMILES string of the molecule is Cc1ccc(S(=O)(=O)Oc2c(C)c(CC[C@H]3C[C@H](O)CC(=O)O3)c3c(c2C)CC(C)(C)O3)cc1. The molecule has 0 spiro atoms. The van der Waals surface area contributed by atoms with Gasteiger partial charge in [0.05, 0.1) is 12.5 Å². The van der Waals surface area contributed by atoms with Gasteiger partial charge < -0.3 is 18.8 Å². The lowest BCUT2D eigenvalue weighted by Crippen LogP contribution is -2.32. The first kappa shape index (κ1) is 24.5. The zero-order valence-corrected chi connectivity index (χ0v) is 21.1. The summed E-state index contributed by atoms with van der Waals surface area (Å²) in [5.74, 6) is 0.666. The Kier molecular flexibility index (Phi) is 6.42. The summed E-state index contributed by atoms with van der Waals surface area (Å²) in [5.41, 5.74) is 3.73. The lowest BCUT2D eigenvalue weighted by atomic mass is 9.90. The highest BCUT2D eigenvalue weighted by Crippen LogP contribution is 2.47. The molecule has 0 bridgehead atoms. The molecule has 2 aromatic carbocycles. The molecule has 2 aliphatic heterocycles. The summed E-state index contributed by atoms with van der Waals surface area (Å²) in [6.07, 6.45) is 0.910. The number of rotatable bonds is 6. The molecule has 1 saturated heterocycles. The van der Waals surface area contributed by atoms with Crippen LogP contribution in [0, 0.1) is 20.8 Å². The van der Waals surface area contributed by atoms with E-state index < -0.39 is 33.9 Å². The van der Waals surface area contributed by atoms with Crippen LogP contribution < -0.4 is 8.92 Å². The van der Waals surface area contributed by atoms with Gasteiger partial charge in [0.2, 0.25) is 0 Å². The Labute approximate surface area is 201 Å². The molecule has 1 N–H and O–H groups in total. The fourth-order valence-corrected chi connectivity index (χ4v) is 5.82. The van der Waals surface area contributed by atoms with E-state index in [1.807, 2.05) is 34.6 Å². The smallest absolute Gasteiger partial charge is 0.339 e. The van der Waals surface area contributed by atoms with Gasteiger partial charge in [-0.1, -0.05) is 17.7 Å². The van der Waals surface area contributed by atoms with Gasteiger partial charge >= 0.3 is 16.1 Å². The van der Waals surface area contributed by atoms with Crippen molar-refractivity contribution in [3.05, 3.63) is 52.1 Å². The van der Waals surface area contributed by atoms with Crippen LogP contribution in [0.1, 0.15) is 60.9 Å². The molecule has 0 saturated carbocycles. The molecule has 2 heterocycles. The number of aryl methyl sites for hydroxylation is 1. The van der Waals surface area contributed by atoms with Gasteiger partial charge in [-0.25, -0.2) is 0 Å². The van der Waals surface area contributed by atoms with E-state index >= 15 is 0 Å². The molecule has 2 aliphatic rings. The van der Waals surface area contributed by atoms with E-state index in [-0.39, 0.29) is 11.3 Å². The van der Waals surface area contributed by atoms with Crippen molar-refractivity contribution < 1.29 is 32.0 Å². The summed E-state index contributed by atoms with van der Waals surface area (Å²) in [6.45, 7) is 9.57. The number of carbonyl (C=O) groups is 1. The minimum Gasteiger partial charge on any atom is -0.487 e. The summed E-state index contributed by atoms with van der Waals surface area (Å²) < 4.78 is 43.6. The van der Waals surface area contributed by atoms with Crippen molar-refractivity contribution in [2.75, 3.05) is 0 Å². The topological polar surface area (TPSA) is 99.1 Å². The van der Waals surface area contributed by atoms with Gasteiger partial charge in [-0.05, 0) is 65.2 Å². The predicted molar refractivity (Wildman–Crippen MR) is 127 cm³/mol. The number of esters is 1. The summed E-state index contributed by atoms with van der Waals surface area (Å²) in [6, 6.07) is 6.55.